The van der Waals surface area contributed by atoms with Gasteiger partial charge >= 0.3 is 5.97 Å². The zero-order valence-electron chi connectivity index (χ0n) is 13.1. The van der Waals surface area contributed by atoms with E-state index in [1.807, 2.05) is 6.92 Å². The number of nitrogens with one attached hydrogen (secondary N) is 1. The van der Waals surface area contributed by atoms with E-state index in [2.05, 4.69) is 19.9 Å². The molecule has 124 valence electrons. The number of carbonyl (C=O) groups is 1. The fraction of sp³-hybridized carbons (Fsp3) is 0.0588. The second-order valence-corrected chi connectivity index (χ2v) is 5.58. The predicted molar refractivity (Wildman–Crippen MR) is 88.1 cm³/mol. The second kappa shape index (κ2) is 5.52. The lowest BCUT2D eigenvalue weighted by Crippen LogP contribution is -1.97. The van der Waals surface area contributed by atoms with Gasteiger partial charge in [-0.1, -0.05) is 6.07 Å². The van der Waals surface area contributed by atoms with E-state index in [0.717, 1.165) is 5.56 Å². The average molecular weight is 337 g/mol. The standard InChI is InChI=1S/C17H12FN5O2/c1-9-2-3-11(18)14(4-9)23-7-13(21-8-23)12-6-20-16-15(22-12)10(5-19-16)17(24)25/h2-8H,1H3,(H,19,20)(H,24,25). The average Bonchev–Trinajstić information content (AvgIpc) is 3.23. The highest BCUT2D eigenvalue weighted by Crippen LogP contribution is 2.22. The number of carboxylic acids is 1. The number of aromatic nitrogens is 5. The molecule has 0 aliphatic heterocycles. The summed E-state index contributed by atoms with van der Waals surface area (Å²) in [5.41, 5.74) is 2.83. The summed E-state index contributed by atoms with van der Waals surface area (Å²) in [6.07, 6.45) is 5.94. The van der Waals surface area contributed by atoms with Crippen LogP contribution in [0.2, 0.25) is 0 Å². The first-order chi connectivity index (χ1) is 12.0. The number of carboxylic acid groups (broad SMARTS) is 1. The van der Waals surface area contributed by atoms with Gasteiger partial charge in [0.15, 0.2) is 5.65 Å². The first kappa shape index (κ1) is 15.0. The van der Waals surface area contributed by atoms with Crippen molar-refractivity contribution >= 4 is 17.1 Å². The molecule has 3 aromatic heterocycles. The lowest BCUT2D eigenvalue weighted by atomic mass is 10.2. The topological polar surface area (TPSA) is 96.7 Å². The predicted octanol–water partition coefficient (Wildman–Crippen LogP) is 2.96. The van der Waals surface area contributed by atoms with Gasteiger partial charge in [0.05, 0.1) is 11.9 Å². The summed E-state index contributed by atoms with van der Waals surface area (Å²) in [5.74, 6) is -1.46. The van der Waals surface area contributed by atoms with Crippen LogP contribution in [0.3, 0.4) is 0 Å². The van der Waals surface area contributed by atoms with Crippen molar-refractivity contribution in [2.45, 2.75) is 6.92 Å². The van der Waals surface area contributed by atoms with Crippen molar-refractivity contribution in [3.05, 3.63) is 60.1 Å². The molecule has 0 aliphatic carbocycles. The van der Waals surface area contributed by atoms with Crippen LogP contribution >= 0.6 is 0 Å². The first-order valence-corrected chi connectivity index (χ1v) is 7.41. The molecule has 4 rings (SSSR count). The Morgan fingerprint density at radius 1 is 1.28 bits per heavy atom. The molecule has 25 heavy (non-hydrogen) atoms. The maximum Gasteiger partial charge on any atom is 0.339 e. The number of aryl methyl sites for hydroxylation is 1. The van der Waals surface area contributed by atoms with E-state index in [-0.39, 0.29) is 16.9 Å². The Bertz CT molecular complexity index is 1120. The van der Waals surface area contributed by atoms with Crippen LogP contribution in [0.25, 0.3) is 28.2 Å². The number of fused-ring (bicyclic) bond motifs is 1. The fourth-order valence-corrected chi connectivity index (χ4v) is 2.59. The van der Waals surface area contributed by atoms with Crippen LogP contribution in [0.15, 0.2) is 43.1 Å². The van der Waals surface area contributed by atoms with Crippen LogP contribution in [0.4, 0.5) is 4.39 Å². The lowest BCUT2D eigenvalue weighted by molar-refractivity contribution is 0.0699. The van der Waals surface area contributed by atoms with Crippen molar-refractivity contribution in [3.63, 3.8) is 0 Å². The third-order valence-electron chi connectivity index (χ3n) is 3.84. The molecule has 4 aromatic rings. The molecule has 0 spiro atoms. The van der Waals surface area contributed by atoms with Gasteiger partial charge in [0.2, 0.25) is 0 Å². The van der Waals surface area contributed by atoms with Gasteiger partial charge in [0.25, 0.3) is 0 Å². The summed E-state index contributed by atoms with van der Waals surface area (Å²) in [6, 6.07) is 4.80. The molecular formula is C17H12FN5O2. The number of hydrogen-bond donors (Lipinski definition) is 2. The van der Waals surface area contributed by atoms with Crippen LogP contribution in [0.1, 0.15) is 15.9 Å². The second-order valence-electron chi connectivity index (χ2n) is 5.58. The lowest BCUT2D eigenvalue weighted by Gasteiger charge is -2.04. The monoisotopic (exact) mass is 337 g/mol. The van der Waals surface area contributed by atoms with E-state index >= 15 is 0 Å². The van der Waals surface area contributed by atoms with Gasteiger partial charge in [-0.25, -0.2) is 24.1 Å². The normalized spacial score (nSPS) is 11.1. The van der Waals surface area contributed by atoms with Crippen molar-refractivity contribution in [3.8, 4) is 17.1 Å². The third kappa shape index (κ3) is 2.53. The Kier molecular flexibility index (Phi) is 3.31. The van der Waals surface area contributed by atoms with E-state index in [4.69, 9.17) is 0 Å². The highest BCUT2D eigenvalue weighted by molar-refractivity contribution is 6.00. The molecular weight excluding hydrogens is 325 g/mol. The number of halogens is 1. The van der Waals surface area contributed by atoms with Gasteiger partial charge in [-0.3, -0.25) is 0 Å². The highest BCUT2D eigenvalue weighted by atomic mass is 19.1. The van der Waals surface area contributed by atoms with E-state index in [0.29, 0.717) is 22.7 Å². The smallest absolute Gasteiger partial charge is 0.339 e. The molecule has 8 heteroatoms. The molecule has 0 saturated heterocycles. The fourth-order valence-electron chi connectivity index (χ4n) is 2.59. The first-order valence-electron chi connectivity index (χ1n) is 7.41. The minimum atomic E-state index is -1.09. The Morgan fingerprint density at radius 2 is 2.12 bits per heavy atom. The van der Waals surface area contributed by atoms with Crippen molar-refractivity contribution in [1.29, 1.82) is 0 Å². The number of rotatable bonds is 3. The summed E-state index contributed by atoms with van der Waals surface area (Å²) in [4.78, 5) is 26.7. The van der Waals surface area contributed by atoms with Gasteiger partial charge in [-0.2, -0.15) is 0 Å². The molecule has 0 saturated carbocycles. The van der Waals surface area contributed by atoms with Gasteiger partial charge < -0.3 is 14.7 Å². The molecule has 0 unspecified atom stereocenters. The van der Waals surface area contributed by atoms with Crippen molar-refractivity contribution < 1.29 is 14.3 Å². The highest BCUT2D eigenvalue weighted by Gasteiger charge is 2.15. The summed E-state index contributed by atoms with van der Waals surface area (Å²) in [5, 5.41) is 9.19. The maximum absolute atomic E-state index is 14.0. The molecule has 2 N–H and O–H groups in total. The largest absolute Gasteiger partial charge is 0.478 e. The Balaban J connectivity index is 1.80. The molecule has 0 atom stereocenters. The van der Waals surface area contributed by atoms with Gasteiger partial charge in [-0.15, -0.1) is 0 Å². The van der Waals surface area contributed by atoms with Crippen molar-refractivity contribution in [2.24, 2.45) is 0 Å². The molecule has 0 radical (unpaired) electrons. The number of H-pyrrole nitrogens is 1. The summed E-state index contributed by atoms with van der Waals surface area (Å²) in [6.45, 7) is 1.87. The maximum atomic E-state index is 14.0. The van der Waals surface area contributed by atoms with E-state index in [1.54, 1.807) is 22.9 Å². The molecule has 0 amide bonds. The van der Waals surface area contributed by atoms with Gasteiger partial charge in [0.1, 0.15) is 34.6 Å². The van der Waals surface area contributed by atoms with Crippen LogP contribution in [0.5, 0.6) is 0 Å². The zero-order chi connectivity index (χ0) is 17.6. The number of hydrogen-bond acceptors (Lipinski definition) is 4. The van der Waals surface area contributed by atoms with Gasteiger partial charge in [0, 0.05) is 12.4 Å². The molecule has 1 aromatic carbocycles. The zero-order valence-corrected chi connectivity index (χ0v) is 13.1. The van der Waals surface area contributed by atoms with Crippen LogP contribution < -0.4 is 0 Å². The number of nitrogens with zero attached hydrogens (tertiary/aromatic N) is 4. The Hall–Kier alpha value is -3.55. The minimum Gasteiger partial charge on any atom is -0.478 e. The van der Waals surface area contributed by atoms with Crippen LogP contribution in [0, 0.1) is 12.7 Å². The number of imidazole rings is 1. The molecule has 3 heterocycles. The van der Waals surface area contributed by atoms with Crippen LogP contribution in [-0.2, 0) is 0 Å². The van der Waals surface area contributed by atoms with E-state index in [1.165, 1.54) is 24.8 Å². The summed E-state index contributed by atoms with van der Waals surface area (Å²) < 4.78 is 15.6. The number of aromatic carboxylic acids is 1. The molecule has 0 aliphatic rings. The van der Waals surface area contributed by atoms with E-state index in [9.17, 15) is 14.3 Å². The van der Waals surface area contributed by atoms with Gasteiger partial charge in [-0.05, 0) is 24.6 Å². The molecule has 7 nitrogen and oxygen atoms in total. The SMILES string of the molecule is Cc1ccc(F)c(-n2cnc(-c3cnc4[nH]cc(C(=O)O)c4n3)c2)c1. The molecule has 0 fully saturated rings. The third-order valence-corrected chi connectivity index (χ3v) is 3.84. The Labute approximate surface area is 140 Å². The van der Waals surface area contributed by atoms with Crippen molar-refractivity contribution in [2.75, 3.05) is 0 Å². The Morgan fingerprint density at radius 3 is 2.92 bits per heavy atom. The van der Waals surface area contributed by atoms with Crippen molar-refractivity contribution in [1.82, 2.24) is 24.5 Å². The van der Waals surface area contributed by atoms with E-state index < -0.39 is 5.97 Å². The quantitative estimate of drug-likeness (QED) is 0.599. The minimum absolute atomic E-state index is 0.0357. The summed E-state index contributed by atoms with van der Waals surface area (Å²) >= 11 is 0. The number of benzene rings is 1. The summed E-state index contributed by atoms with van der Waals surface area (Å²) in [7, 11) is 0. The number of aromatic amines is 1. The molecule has 0 bridgehead atoms. The van der Waals surface area contributed by atoms with Crippen LogP contribution in [-0.4, -0.2) is 35.6 Å².